The zero-order chi connectivity index (χ0) is 17.6. The number of rotatable bonds is 7. The van der Waals surface area contributed by atoms with Crippen LogP contribution in [-0.2, 0) is 6.54 Å². The SMILES string of the molecule is Cc1cc(Br)cn2c(CNC(CCCC#N)c3ccccc3)cnc12. The van der Waals surface area contributed by atoms with Gasteiger partial charge in [0.25, 0.3) is 0 Å². The number of aryl methyl sites for hydroxylation is 1. The van der Waals surface area contributed by atoms with Crippen LogP contribution < -0.4 is 5.32 Å². The number of imidazole rings is 1. The quantitative estimate of drug-likeness (QED) is 0.575. The van der Waals surface area contributed by atoms with Crippen LogP contribution >= 0.6 is 15.9 Å². The minimum Gasteiger partial charge on any atom is -0.304 e. The molecule has 5 heteroatoms. The summed E-state index contributed by atoms with van der Waals surface area (Å²) in [6.45, 7) is 2.79. The number of halogens is 1. The average molecular weight is 397 g/mol. The molecule has 3 aromatic rings. The molecule has 0 fully saturated rings. The van der Waals surface area contributed by atoms with E-state index in [9.17, 15) is 0 Å². The number of hydrogen-bond donors (Lipinski definition) is 1. The molecule has 4 nitrogen and oxygen atoms in total. The lowest BCUT2D eigenvalue weighted by atomic mass is 10.0. The molecule has 0 aliphatic heterocycles. The van der Waals surface area contributed by atoms with Crippen molar-refractivity contribution in [2.24, 2.45) is 0 Å². The van der Waals surface area contributed by atoms with E-state index in [0.717, 1.165) is 40.8 Å². The molecule has 1 unspecified atom stereocenters. The number of unbranched alkanes of at least 4 members (excludes halogenated alkanes) is 1. The Bertz CT molecular complexity index is 880. The number of nitrogens with zero attached hydrogens (tertiary/aromatic N) is 3. The molecule has 0 radical (unpaired) electrons. The average Bonchev–Trinajstić information content (AvgIpc) is 3.02. The van der Waals surface area contributed by atoms with Gasteiger partial charge < -0.3 is 9.72 Å². The molecule has 0 saturated heterocycles. The number of nitrogens with one attached hydrogen (secondary N) is 1. The molecule has 0 aliphatic carbocycles. The zero-order valence-electron chi connectivity index (χ0n) is 14.2. The lowest BCUT2D eigenvalue weighted by molar-refractivity contribution is 0.482. The van der Waals surface area contributed by atoms with Crippen molar-refractivity contribution in [2.75, 3.05) is 0 Å². The molecule has 3 rings (SSSR count). The molecule has 2 aromatic heterocycles. The van der Waals surface area contributed by atoms with Gasteiger partial charge >= 0.3 is 0 Å². The maximum atomic E-state index is 8.81. The van der Waals surface area contributed by atoms with E-state index in [1.165, 1.54) is 5.56 Å². The number of pyridine rings is 1. The number of aromatic nitrogens is 2. The van der Waals surface area contributed by atoms with Gasteiger partial charge in [-0.15, -0.1) is 0 Å². The second kappa shape index (κ2) is 8.28. The van der Waals surface area contributed by atoms with Gasteiger partial charge in [0.2, 0.25) is 0 Å². The lowest BCUT2D eigenvalue weighted by Crippen LogP contribution is -2.21. The Kier molecular flexibility index (Phi) is 5.85. The van der Waals surface area contributed by atoms with Crippen LogP contribution in [0.5, 0.6) is 0 Å². The van der Waals surface area contributed by atoms with Crippen molar-refractivity contribution >= 4 is 21.6 Å². The summed E-state index contributed by atoms with van der Waals surface area (Å²) in [6, 6.07) is 15.0. The Balaban J connectivity index is 1.78. The van der Waals surface area contributed by atoms with Gasteiger partial charge in [-0.05, 0) is 52.9 Å². The van der Waals surface area contributed by atoms with E-state index in [0.29, 0.717) is 6.42 Å². The molecule has 1 aromatic carbocycles. The summed E-state index contributed by atoms with van der Waals surface area (Å²) in [7, 11) is 0. The third-order valence-electron chi connectivity index (χ3n) is 4.35. The van der Waals surface area contributed by atoms with Gasteiger partial charge in [0.05, 0.1) is 18.0 Å². The predicted molar refractivity (Wildman–Crippen MR) is 103 cm³/mol. The van der Waals surface area contributed by atoms with E-state index >= 15 is 0 Å². The van der Waals surface area contributed by atoms with Crippen molar-refractivity contribution in [1.29, 1.82) is 5.26 Å². The summed E-state index contributed by atoms with van der Waals surface area (Å²) in [4.78, 5) is 4.54. The Morgan fingerprint density at radius 3 is 2.88 bits per heavy atom. The summed E-state index contributed by atoms with van der Waals surface area (Å²) in [6.07, 6.45) is 6.41. The normalized spacial score (nSPS) is 12.2. The second-order valence-electron chi connectivity index (χ2n) is 6.18. The molecular weight excluding hydrogens is 376 g/mol. The van der Waals surface area contributed by atoms with Crippen LogP contribution in [0.1, 0.15) is 42.1 Å². The zero-order valence-corrected chi connectivity index (χ0v) is 15.8. The summed E-state index contributed by atoms with van der Waals surface area (Å²) in [5.74, 6) is 0. The number of benzene rings is 1. The first-order valence-corrected chi connectivity index (χ1v) is 9.25. The fourth-order valence-electron chi connectivity index (χ4n) is 3.08. The second-order valence-corrected chi connectivity index (χ2v) is 7.09. The first-order chi connectivity index (χ1) is 12.2. The molecule has 0 saturated carbocycles. The van der Waals surface area contributed by atoms with Gasteiger partial charge in [-0.3, -0.25) is 0 Å². The maximum absolute atomic E-state index is 8.81. The maximum Gasteiger partial charge on any atom is 0.139 e. The molecule has 0 spiro atoms. The fraction of sp³-hybridized carbons (Fsp3) is 0.300. The highest BCUT2D eigenvalue weighted by molar-refractivity contribution is 9.10. The van der Waals surface area contributed by atoms with Crippen molar-refractivity contribution in [3.63, 3.8) is 0 Å². The van der Waals surface area contributed by atoms with Crippen LogP contribution in [0.15, 0.2) is 53.3 Å². The number of fused-ring (bicyclic) bond motifs is 1. The number of hydrogen-bond acceptors (Lipinski definition) is 3. The van der Waals surface area contributed by atoms with Gasteiger partial charge in [0, 0.05) is 29.7 Å². The topological polar surface area (TPSA) is 53.1 Å². The summed E-state index contributed by atoms with van der Waals surface area (Å²) in [5.41, 5.74) is 4.52. The van der Waals surface area contributed by atoms with Crippen LogP contribution in [0.25, 0.3) is 5.65 Å². The van der Waals surface area contributed by atoms with E-state index in [1.54, 1.807) is 0 Å². The predicted octanol–water partition coefficient (Wildman–Crippen LogP) is 4.93. The van der Waals surface area contributed by atoms with Crippen molar-refractivity contribution in [1.82, 2.24) is 14.7 Å². The van der Waals surface area contributed by atoms with Gasteiger partial charge in [-0.25, -0.2) is 4.98 Å². The van der Waals surface area contributed by atoms with E-state index in [2.05, 4.69) is 80.2 Å². The molecule has 128 valence electrons. The van der Waals surface area contributed by atoms with Crippen LogP contribution in [0.3, 0.4) is 0 Å². The minimum absolute atomic E-state index is 0.230. The van der Waals surface area contributed by atoms with Gasteiger partial charge in [0.15, 0.2) is 0 Å². The molecule has 1 atom stereocenters. The largest absolute Gasteiger partial charge is 0.304 e. The van der Waals surface area contributed by atoms with Crippen LogP contribution in [-0.4, -0.2) is 9.38 Å². The smallest absolute Gasteiger partial charge is 0.139 e. The minimum atomic E-state index is 0.230. The summed E-state index contributed by atoms with van der Waals surface area (Å²) >= 11 is 3.56. The molecule has 0 bridgehead atoms. The Morgan fingerprint density at radius 2 is 2.12 bits per heavy atom. The lowest BCUT2D eigenvalue weighted by Gasteiger charge is -2.19. The molecule has 1 N–H and O–H groups in total. The van der Waals surface area contributed by atoms with Crippen LogP contribution in [0.4, 0.5) is 0 Å². The van der Waals surface area contributed by atoms with Gasteiger partial charge in [-0.1, -0.05) is 30.3 Å². The highest BCUT2D eigenvalue weighted by Gasteiger charge is 2.13. The van der Waals surface area contributed by atoms with Crippen molar-refractivity contribution in [3.05, 3.63) is 70.1 Å². The first-order valence-electron chi connectivity index (χ1n) is 8.46. The summed E-state index contributed by atoms with van der Waals surface area (Å²) < 4.78 is 3.18. The van der Waals surface area contributed by atoms with Crippen LogP contribution in [0.2, 0.25) is 0 Å². The highest BCUT2D eigenvalue weighted by atomic mass is 79.9. The van der Waals surface area contributed by atoms with Crippen molar-refractivity contribution in [2.45, 2.75) is 38.8 Å². The molecule has 0 amide bonds. The van der Waals surface area contributed by atoms with Crippen molar-refractivity contribution < 1.29 is 0 Å². The highest BCUT2D eigenvalue weighted by Crippen LogP contribution is 2.21. The summed E-state index contributed by atoms with van der Waals surface area (Å²) in [5, 5.41) is 12.5. The Labute approximate surface area is 156 Å². The van der Waals surface area contributed by atoms with E-state index < -0.39 is 0 Å². The van der Waals surface area contributed by atoms with E-state index in [-0.39, 0.29) is 6.04 Å². The Hall–Kier alpha value is -2.16. The molecule has 25 heavy (non-hydrogen) atoms. The monoisotopic (exact) mass is 396 g/mol. The van der Waals surface area contributed by atoms with Gasteiger partial charge in [0.1, 0.15) is 5.65 Å². The van der Waals surface area contributed by atoms with Crippen LogP contribution in [0, 0.1) is 18.3 Å². The number of nitriles is 1. The third kappa shape index (κ3) is 4.28. The standard InChI is InChI=1S/C20H21BrN4/c1-15-11-17(21)14-25-18(13-24-20(15)25)12-23-19(9-5-6-10-22)16-7-3-2-4-8-16/h2-4,7-8,11,13-14,19,23H,5-6,9,12H2,1H3. The van der Waals surface area contributed by atoms with Gasteiger partial charge in [-0.2, -0.15) is 5.26 Å². The van der Waals surface area contributed by atoms with E-state index in [4.69, 9.17) is 5.26 Å². The first kappa shape index (κ1) is 17.7. The fourth-order valence-corrected chi connectivity index (χ4v) is 3.63. The Morgan fingerprint density at radius 1 is 1.32 bits per heavy atom. The molecular formula is C20H21BrN4. The molecule has 0 aliphatic rings. The van der Waals surface area contributed by atoms with E-state index in [1.807, 2.05) is 12.3 Å². The van der Waals surface area contributed by atoms with Crippen molar-refractivity contribution in [3.8, 4) is 6.07 Å². The molecule has 2 heterocycles. The third-order valence-corrected chi connectivity index (χ3v) is 4.78.